The number of nitriles is 1. The molecule has 0 radical (unpaired) electrons. The van der Waals surface area contributed by atoms with Gasteiger partial charge in [-0.25, -0.2) is 0 Å². The van der Waals surface area contributed by atoms with E-state index < -0.39 is 29.7 Å². The van der Waals surface area contributed by atoms with Crippen LogP contribution in [0.3, 0.4) is 0 Å². The lowest BCUT2D eigenvalue weighted by Crippen LogP contribution is -2.12. The molecule has 0 unspecified atom stereocenters. The average Bonchev–Trinajstić information content (AvgIpc) is 2.17. The molecule has 1 aromatic carbocycles. The van der Waals surface area contributed by atoms with Crippen molar-refractivity contribution in [2.24, 2.45) is 0 Å². The molecule has 90 valence electrons. The van der Waals surface area contributed by atoms with Crippen molar-refractivity contribution in [2.45, 2.75) is 12.6 Å². The van der Waals surface area contributed by atoms with Gasteiger partial charge in [0, 0.05) is 0 Å². The fraction of sp³-hybridized carbons (Fsp3) is 0.200. The van der Waals surface area contributed by atoms with Gasteiger partial charge in [0.05, 0.1) is 22.6 Å². The van der Waals surface area contributed by atoms with Gasteiger partial charge in [-0.3, -0.25) is 4.79 Å². The molecular formula is C10H5ClF3NO2. The van der Waals surface area contributed by atoms with Crippen LogP contribution in [0, 0.1) is 11.3 Å². The van der Waals surface area contributed by atoms with E-state index >= 15 is 0 Å². The van der Waals surface area contributed by atoms with E-state index in [1.54, 1.807) is 6.07 Å². The van der Waals surface area contributed by atoms with Crippen molar-refractivity contribution in [2.75, 3.05) is 0 Å². The number of carboxylic acids is 1. The number of hydrogen-bond donors (Lipinski definition) is 1. The Hall–Kier alpha value is -1.74. The Labute approximate surface area is 99.0 Å². The average molecular weight is 264 g/mol. The third-order valence-corrected chi connectivity index (χ3v) is 2.27. The Kier molecular flexibility index (Phi) is 3.63. The fourth-order valence-electron chi connectivity index (χ4n) is 1.28. The highest BCUT2D eigenvalue weighted by molar-refractivity contribution is 6.31. The summed E-state index contributed by atoms with van der Waals surface area (Å²) in [4.78, 5) is 10.4. The smallest absolute Gasteiger partial charge is 0.416 e. The van der Waals surface area contributed by atoms with Gasteiger partial charge < -0.3 is 5.11 Å². The molecule has 0 aliphatic heterocycles. The molecule has 1 N–H and O–H groups in total. The van der Waals surface area contributed by atoms with Gasteiger partial charge in [-0.2, -0.15) is 18.4 Å². The fourth-order valence-corrected chi connectivity index (χ4v) is 1.48. The molecule has 0 heterocycles. The monoisotopic (exact) mass is 263 g/mol. The normalized spacial score (nSPS) is 11.0. The quantitative estimate of drug-likeness (QED) is 0.892. The zero-order valence-electron chi connectivity index (χ0n) is 8.18. The van der Waals surface area contributed by atoms with Crippen LogP contribution < -0.4 is 0 Å². The molecule has 0 aliphatic rings. The van der Waals surface area contributed by atoms with Crippen molar-refractivity contribution in [1.29, 1.82) is 5.26 Å². The number of carbonyl (C=O) groups is 1. The van der Waals surface area contributed by atoms with Gasteiger partial charge in [0.2, 0.25) is 0 Å². The van der Waals surface area contributed by atoms with Crippen LogP contribution in [0.4, 0.5) is 13.2 Å². The molecule has 0 amide bonds. The lowest BCUT2D eigenvalue weighted by atomic mass is 10.0. The maximum atomic E-state index is 12.6. The summed E-state index contributed by atoms with van der Waals surface area (Å²) >= 11 is 5.47. The second kappa shape index (κ2) is 4.63. The summed E-state index contributed by atoms with van der Waals surface area (Å²) in [5.74, 6) is -1.42. The highest BCUT2D eigenvalue weighted by Gasteiger charge is 2.34. The Balaban J connectivity index is 3.43. The van der Waals surface area contributed by atoms with E-state index in [0.717, 1.165) is 6.07 Å². The first-order valence-corrected chi connectivity index (χ1v) is 4.65. The lowest BCUT2D eigenvalue weighted by molar-refractivity contribution is -0.139. The van der Waals surface area contributed by atoms with Crippen molar-refractivity contribution in [3.05, 3.63) is 33.8 Å². The molecule has 0 saturated heterocycles. The standard InChI is InChI=1S/C10H5ClF3NO2/c11-8-3-7(10(12,13)14)5(2-9(16)17)1-6(8)4-15/h1,3H,2H2,(H,16,17). The number of halogens is 4. The predicted octanol–water partition coefficient (Wildman–Crippen LogP) is 2.86. The van der Waals surface area contributed by atoms with Crippen LogP contribution in [0.5, 0.6) is 0 Å². The predicted molar refractivity (Wildman–Crippen MR) is 52.5 cm³/mol. The Bertz CT molecular complexity index is 505. The molecule has 0 fully saturated rings. The molecule has 1 rings (SSSR count). The van der Waals surface area contributed by atoms with E-state index in [1.165, 1.54) is 0 Å². The highest BCUT2D eigenvalue weighted by atomic mass is 35.5. The van der Waals surface area contributed by atoms with Crippen molar-refractivity contribution >= 4 is 17.6 Å². The van der Waals surface area contributed by atoms with E-state index in [1.807, 2.05) is 0 Å². The van der Waals surface area contributed by atoms with Crippen LogP contribution in [0.15, 0.2) is 12.1 Å². The van der Waals surface area contributed by atoms with Crippen LogP contribution in [0.2, 0.25) is 5.02 Å². The Morgan fingerprint density at radius 2 is 2.06 bits per heavy atom. The number of aliphatic carboxylic acids is 1. The summed E-state index contributed by atoms with van der Waals surface area (Å²) < 4.78 is 37.7. The first-order valence-electron chi connectivity index (χ1n) is 4.27. The molecule has 0 saturated carbocycles. The van der Waals surface area contributed by atoms with Crippen LogP contribution >= 0.6 is 11.6 Å². The van der Waals surface area contributed by atoms with Gasteiger partial charge in [-0.05, 0) is 17.7 Å². The minimum atomic E-state index is -4.71. The minimum absolute atomic E-state index is 0.184. The summed E-state index contributed by atoms with van der Waals surface area (Å²) in [5, 5.41) is 16.8. The lowest BCUT2D eigenvalue weighted by Gasteiger charge is -2.12. The molecule has 17 heavy (non-hydrogen) atoms. The SMILES string of the molecule is N#Cc1cc(CC(=O)O)c(C(F)(F)F)cc1Cl. The number of hydrogen-bond acceptors (Lipinski definition) is 2. The third kappa shape index (κ3) is 3.11. The topological polar surface area (TPSA) is 61.1 Å². The van der Waals surface area contributed by atoms with Crippen molar-refractivity contribution < 1.29 is 23.1 Å². The van der Waals surface area contributed by atoms with Gasteiger partial charge in [-0.1, -0.05) is 11.6 Å². The van der Waals surface area contributed by atoms with E-state index in [0.29, 0.717) is 6.07 Å². The van der Waals surface area contributed by atoms with Crippen molar-refractivity contribution in [3.8, 4) is 6.07 Å². The van der Waals surface area contributed by atoms with Crippen molar-refractivity contribution in [1.82, 2.24) is 0 Å². The number of alkyl halides is 3. The molecule has 0 aliphatic carbocycles. The number of carboxylic acid groups (broad SMARTS) is 1. The molecular weight excluding hydrogens is 259 g/mol. The zero-order valence-corrected chi connectivity index (χ0v) is 8.93. The summed E-state index contributed by atoms with van der Waals surface area (Å²) in [7, 11) is 0. The van der Waals surface area contributed by atoms with Crippen molar-refractivity contribution in [3.63, 3.8) is 0 Å². The van der Waals surface area contributed by atoms with E-state index in [4.69, 9.17) is 22.0 Å². The summed E-state index contributed by atoms with van der Waals surface area (Å²) in [6.45, 7) is 0. The first kappa shape index (κ1) is 13.3. The van der Waals surface area contributed by atoms with Gasteiger partial charge in [-0.15, -0.1) is 0 Å². The largest absolute Gasteiger partial charge is 0.481 e. The summed E-state index contributed by atoms with van der Waals surface area (Å²) in [6, 6.07) is 3.01. The summed E-state index contributed by atoms with van der Waals surface area (Å²) in [5.41, 5.74) is -1.80. The van der Waals surface area contributed by atoms with Gasteiger partial charge >= 0.3 is 12.1 Å². The molecule has 7 heteroatoms. The molecule has 0 aromatic heterocycles. The molecule has 0 spiro atoms. The van der Waals surface area contributed by atoms with Crippen LogP contribution in [0.1, 0.15) is 16.7 Å². The Morgan fingerprint density at radius 1 is 1.47 bits per heavy atom. The second-order valence-electron chi connectivity index (χ2n) is 3.17. The van der Waals surface area contributed by atoms with E-state index in [-0.39, 0.29) is 10.6 Å². The molecule has 0 bridgehead atoms. The van der Waals surface area contributed by atoms with Crippen LogP contribution in [-0.4, -0.2) is 11.1 Å². The maximum Gasteiger partial charge on any atom is 0.416 e. The highest BCUT2D eigenvalue weighted by Crippen LogP contribution is 2.35. The van der Waals surface area contributed by atoms with Crippen LogP contribution in [-0.2, 0) is 17.4 Å². The first-order chi connectivity index (χ1) is 7.75. The summed E-state index contributed by atoms with van der Waals surface area (Å²) in [6.07, 6.45) is -5.52. The number of benzene rings is 1. The van der Waals surface area contributed by atoms with Gasteiger partial charge in [0.1, 0.15) is 6.07 Å². The number of nitrogens with zero attached hydrogens (tertiary/aromatic N) is 1. The van der Waals surface area contributed by atoms with Crippen LogP contribution in [0.25, 0.3) is 0 Å². The van der Waals surface area contributed by atoms with E-state index in [9.17, 15) is 18.0 Å². The Morgan fingerprint density at radius 3 is 2.47 bits per heavy atom. The van der Waals surface area contributed by atoms with E-state index in [2.05, 4.69) is 0 Å². The van der Waals surface area contributed by atoms with Gasteiger partial charge in [0.25, 0.3) is 0 Å². The zero-order chi connectivity index (χ0) is 13.2. The minimum Gasteiger partial charge on any atom is -0.481 e. The number of rotatable bonds is 2. The van der Waals surface area contributed by atoms with Gasteiger partial charge in [0.15, 0.2) is 0 Å². The molecule has 1 aromatic rings. The third-order valence-electron chi connectivity index (χ3n) is 1.96. The molecule has 3 nitrogen and oxygen atoms in total. The maximum absolute atomic E-state index is 12.6. The second-order valence-corrected chi connectivity index (χ2v) is 3.58. The molecule has 0 atom stereocenters.